The van der Waals surface area contributed by atoms with Crippen molar-refractivity contribution in [2.45, 2.75) is 5.88 Å². The van der Waals surface area contributed by atoms with E-state index >= 15 is 0 Å². The van der Waals surface area contributed by atoms with E-state index in [1.54, 1.807) is 18.2 Å². The average Bonchev–Trinajstić information content (AvgIpc) is 2.70. The molecule has 2 rings (SSSR count). The molecule has 0 radical (unpaired) electrons. The van der Waals surface area contributed by atoms with Crippen LogP contribution in [0.15, 0.2) is 33.3 Å². The number of benzene rings is 1. The maximum atomic E-state index is 13.0. The Morgan fingerprint density at radius 2 is 2.20 bits per heavy atom. The van der Waals surface area contributed by atoms with Crippen LogP contribution in [0.4, 0.5) is 4.39 Å². The van der Waals surface area contributed by atoms with Gasteiger partial charge in [-0.3, -0.25) is 0 Å². The Hall–Kier alpha value is -0.870. The smallest absolute Gasteiger partial charge is 0.152 e. The molecule has 0 spiro atoms. The van der Waals surface area contributed by atoms with Crippen molar-refractivity contribution >= 4 is 27.5 Å². The third-order valence-electron chi connectivity index (χ3n) is 1.91. The minimum atomic E-state index is -0.306. The molecule has 15 heavy (non-hydrogen) atoms. The van der Waals surface area contributed by atoms with Crippen LogP contribution in [0.25, 0.3) is 11.3 Å². The lowest BCUT2D eigenvalue weighted by atomic mass is 10.1. The molecule has 1 heterocycles. The molecule has 0 N–H and O–H groups in total. The maximum Gasteiger partial charge on any atom is 0.152 e. The van der Waals surface area contributed by atoms with E-state index in [4.69, 9.17) is 16.1 Å². The average molecular weight is 291 g/mol. The summed E-state index contributed by atoms with van der Waals surface area (Å²) in [6.45, 7) is 0. The molecule has 0 aliphatic rings. The molecule has 0 saturated carbocycles. The Kier molecular flexibility index (Phi) is 3.07. The van der Waals surface area contributed by atoms with Crippen molar-refractivity contribution < 1.29 is 8.91 Å². The van der Waals surface area contributed by atoms with E-state index < -0.39 is 0 Å². The van der Waals surface area contributed by atoms with Crippen molar-refractivity contribution in [1.82, 2.24) is 5.16 Å². The van der Waals surface area contributed by atoms with Gasteiger partial charge in [-0.2, -0.15) is 0 Å². The minimum absolute atomic E-state index is 0.273. The van der Waals surface area contributed by atoms with Gasteiger partial charge in [-0.25, -0.2) is 4.39 Å². The zero-order chi connectivity index (χ0) is 10.8. The van der Waals surface area contributed by atoms with Crippen LogP contribution >= 0.6 is 27.5 Å². The summed E-state index contributed by atoms with van der Waals surface area (Å²) in [5, 5.41) is 3.83. The van der Waals surface area contributed by atoms with E-state index in [9.17, 15) is 4.39 Å². The summed E-state index contributed by atoms with van der Waals surface area (Å²) < 4.78 is 18.3. The van der Waals surface area contributed by atoms with E-state index in [0.717, 1.165) is 5.56 Å². The van der Waals surface area contributed by atoms with Crippen LogP contribution in [0.3, 0.4) is 0 Å². The second-order valence-corrected chi connectivity index (χ2v) is 4.06. The molecule has 78 valence electrons. The topological polar surface area (TPSA) is 26.0 Å². The largest absolute Gasteiger partial charge is 0.359 e. The highest BCUT2D eigenvalue weighted by atomic mass is 79.9. The van der Waals surface area contributed by atoms with Crippen molar-refractivity contribution in [3.63, 3.8) is 0 Å². The number of rotatable bonds is 2. The highest BCUT2D eigenvalue weighted by Gasteiger charge is 2.07. The van der Waals surface area contributed by atoms with Crippen molar-refractivity contribution in [2.24, 2.45) is 0 Å². The molecule has 0 saturated heterocycles. The standard InChI is InChI=1S/C10H6BrClFNO/c11-8-3-6(1-2-9(8)13)10-4-7(5-12)15-14-10/h1-4H,5H2. The van der Waals surface area contributed by atoms with Crippen LogP contribution in [0.2, 0.25) is 0 Å². The lowest BCUT2D eigenvalue weighted by molar-refractivity contribution is 0.396. The summed E-state index contributed by atoms with van der Waals surface area (Å²) in [4.78, 5) is 0. The van der Waals surface area contributed by atoms with Crippen LogP contribution in [0.1, 0.15) is 5.76 Å². The lowest BCUT2D eigenvalue weighted by Gasteiger charge is -1.97. The molecule has 5 heteroatoms. The first-order valence-electron chi connectivity index (χ1n) is 4.17. The summed E-state index contributed by atoms with van der Waals surface area (Å²) >= 11 is 8.69. The number of alkyl halides is 1. The van der Waals surface area contributed by atoms with Gasteiger partial charge in [-0.1, -0.05) is 5.16 Å². The van der Waals surface area contributed by atoms with E-state index in [2.05, 4.69) is 21.1 Å². The van der Waals surface area contributed by atoms with Crippen molar-refractivity contribution in [3.8, 4) is 11.3 Å². The number of aromatic nitrogens is 1. The Balaban J connectivity index is 2.40. The molecule has 0 unspecified atom stereocenters. The van der Waals surface area contributed by atoms with Crippen LogP contribution < -0.4 is 0 Å². The van der Waals surface area contributed by atoms with Gasteiger partial charge in [0.15, 0.2) is 5.76 Å². The SMILES string of the molecule is Fc1ccc(-c2cc(CCl)on2)cc1Br. The molecule has 0 aliphatic heterocycles. The summed E-state index contributed by atoms with van der Waals surface area (Å²) in [6, 6.07) is 6.38. The Bertz CT molecular complexity index is 486. The summed E-state index contributed by atoms with van der Waals surface area (Å²) in [6.07, 6.45) is 0. The van der Waals surface area contributed by atoms with E-state index in [0.29, 0.717) is 15.9 Å². The third-order valence-corrected chi connectivity index (χ3v) is 2.78. The molecule has 0 atom stereocenters. The molecule has 0 aliphatic carbocycles. The van der Waals surface area contributed by atoms with Gasteiger partial charge < -0.3 is 4.52 Å². The predicted octanol–water partition coefficient (Wildman–Crippen LogP) is 3.98. The van der Waals surface area contributed by atoms with Gasteiger partial charge >= 0.3 is 0 Å². The predicted molar refractivity (Wildman–Crippen MR) is 59.2 cm³/mol. The van der Waals surface area contributed by atoms with Gasteiger partial charge in [-0.05, 0) is 34.1 Å². The van der Waals surface area contributed by atoms with Crippen LogP contribution in [0.5, 0.6) is 0 Å². The Labute approximate surface area is 99.2 Å². The maximum absolute atomic E-state index is 13.0. The van der Waals surface area contributed by atoms with E-state index in [1.807, 2.05) is 0 Å². The van der Waals surface area contributed by atoms with Gasteiger partial charge in [0.1, 0.15) is 11.5 Å². The van der Waals surface area contributed by atoms with Crippen LogP contribution in [0, 0.1) is 5.82 Å². The zero-order valence-corrected chi connectivity index (χ0v) is 9.85. The Morgan fingerprint density at radius 1 is 1.40 bits per heavy atom. The van der Waals surface area contributed by atoms with E-state index in [1.165, 1.54) is 6.07 Å². The molecular formula is C10H6BrClFNO. The second-order valence-electron chi connectivity index (χ2n) is 2.94. The highest BCUT2D eigenvalue weighted by Crippen LogP contribution is 2.25. The van der Waals surface area contributed by atoms with Crippen molar-refractivity contribution in [1.29, 1.82) is 0 Å². The number of nitrogens with zero attached hydrogens (tertiary/aromatic N) is 1. The minimum Gasteiger partial charge on any atom is -0.359 e. The van der Waals surface area contributed by atoms with Gasteiger partial charge in [0.25, 0.3) is 0 Å². The van der Waals surface area contributed by atoms with E-state index in [-0.39, 0.29) is 11.7 Å². The summed E-state index contributed by atoms with van der Waals surface area (Å²) in [5.41, 5.74) is 1.43. The van der Waals surface area contributed by atoms with Crippen molar-refractivity contribution in [2.75, 3.05) is 0 Å². The molecule has 0 amide bonds. The fourth-order valence-corrected chi connectivity index (χ4v) is 1.67. The molecule has 2 aromatic rings. The molecular weight excluding hydrogens is 284 g/mol. The first kappa shape index (κ1) is 10.6. The second kappa shape index (κ2) is 4.33. The summed E-state index contributed by atoms with van der Waals surface area (Å²) in [7, 11) is 0. The fraction of sp³-hybridized carbons (Fsp3) is 0.100. The molecule has 1 aromatic heterocycles. The molecule has 0 bridgehead atoms. The van der Waals surface area contributed by atoms with Gasteiger partial charge in [0.2, 0.25) is 0 Å². The van der Waals surface area contributed by atoms with Crippen molar-refractivity contribution in [3.05, 3.63) is 40.3 Å². The lowest BCUT2D eigenvalue weighted by Crippen LogP contribution is -1.80. The van der Waals surface area contributed by atoms with Gasteiger partial charge in [0.05, 0.1) is 10.4 Å². The first-order chi connectivity index (χ1) is 7.20. The number of hydrogen-bond acceptors (Lipinski definition) is 2. The fourth-order valence-electron chi connectivity index (χ4n) is 1.17. The quantitative estimate of drug-likeness (QED) is 0.782. The molecule has 1 aromatic carbocycles. The number of hydrogen-bond donors (Lipinski definition) is 0. The normalized spacial score (nSPS) is 10.6. The van der Waals surface area contributed by atoms with Crippen LogP contribution in [-0.4, -0.2) is 5.16 Å². The monoisotopic (exact) mass is 289 g/mol. The van der Waals surface area contributed by atoms with Crippen LogP contribution in [-0.2, 0) is 5.88 Å². The van der Waals surface area contributed by atoms with Gasteiger partial charge in [-0.15, -0.1) is 11.6 Å². The molecule has 0 fully saturated rings. The Morgan fingerprint density at radius 3 is 2.80 bits per heavy atom. The summed E-state index contributed by atoms with van der Waals surface area (Å²) in [5.74, 6) is 0.557. The third kappa shape index (κ3) is 2.21. The highest BCUT2D eigenvalue weighted by molar-refractivity contribution is 9.10. The first-order valence-corrected chi connectivity index (χ1v) is 5.50. The van der Waals surface area contributed by atoms with Gasteiger partial charge in [0, 0.05) is 11.6 Å². The zero-order valence-electron chi connectivity index (χ0n) is 7.51. The number of halogens is 3. The molecule has 2 nitrogen and oxygen atoms in total.